The molecule has 1 aromatic carbocycles. The summed E-state index contributed by atoms with van der Waals surface area (Å²) in [6.07, 6.45) is 3.24. The van der Waals surface area contributed by atoms with Crippen LogP contribution in [0.15, 0.2) is 48.8 Å². The van der Waals surface area contributed by atoms with E-state index in [1.54, 1.807) is 36.7 Å². The van der Waals surface area contributed by atoms with Crippen LogP contribution >= 0.6 is 11.6 Å². The zero-order chi connectivity index (χ0) is 15.8. The second kappa shape index (κ2) is 8.24. The highest BCUT2D eigenvalue weighted by Crippen LogP contribution is 2.16. The standard InChI is InChI=1S/C16H18ClN3O2/c1-12(22-15-4-2-14(17)3-5-15)10-19-16(21)20-11-13-6-8-18-9-7-13/h2-9,12H,10-11H2,1H3,(H2,19,20,21)/t12-/m1/s1. The first-order chi connectivity index (χ1) is 10.6. The summed E-state index contributed by atoms with van der Waals surface area (Å²) in [6, 6.07) is 10.6. The smallest absolute Gasteiger partial charge is 0.315 e. The third-order valence-corrected chi connectivity index (χ3v) is 3.16. The molecule has 1 aromatic heterocycles. The number of nitrogens with zero attached hydrogens (tertiary/aromatic N) is 1. The third kappa shape index (κ3) is 5.61. The van der Waals surface area contributed by atoms with Crippen LogP contribution in [-0.4, -0.2) is 23.7 Å². The second-order valence-electron chi connectivity index (χ2n) is 4.80. The van der Waals surface area contributed by atoms with Crippen molar-refractivity contribution in [3.05, 3.63) is 59.4 Å². The highest BCUT2D eigenvalue weighted by atomic mass is 35.5. The lowest BCUT2D eigenvalue weighted by molar-refractivity contribution is 0.207. The molecule has 0 radical (unpaired) electrons. The highest BCUT2D eigenvalue weighted by molar-refractivity contribution is 6.30. The van der Waals surface area contributed by atoms with Crippen LogP contribution in [0.25, 0.3) is 0 Å². The van der Waals surface area contributed by atoms with Crippen molar-refractivity contribution in [1.82, 2.24) is 15.6 Å². The van der Waals surface area contributed by atoms with Gasteiger partial charge in [-0.3, -0.25) is 4.98 Å². The van der Waals surface area contributed by atoms with Crippen LogP contribution in [-0.2, 0) is 6.54 Å². The molecule has 0 saturated heterocycles. The molecule has 1 atom stereocenters. The molecule has 5 nitrogen and oxygen atoms in total. The minimum absolute atomic E-state index is 0.146. The lowest BCUT2D eigenvalue weighted by atomic mass is 10.3. The van der Waals surface area contributed by atoms with Crippen LogP contribution in [0.3, 0.4) is 0 Å². The van der Waals surface area contributed by atoms with Crippen molar-refractivity contribution in [2.24, 2.45) is 0 Å². The van der Waals surface area contributed by atoms with Crippen LogP contribution in [0.1, 0.15) is 12.5 Å². The fourth-order valence-electron chi connectivity index (χ4n) is 1.77. The Labute approximate surface area is 134 Å². The minimum atomic E-state index is -0.233. The summed E-state index contributed by atoms with van der Waals surface area (Å²) in [5.74, 6) is 0.718. The lowest BCUT2D eigenvalue weighted by Crippen LogP contribution is -2.40. The first-order valence-electron chi connectivity index (χ1n) is 6.96. The van der Waals surface area contributed by atoms with Gasteiger partial charge in [-0.25, -0.2) is 4.79 Å². The Morgan fingerprint density at radius 3 is 2.55 bits per heavy atom. The minimum Gasteiger partial charge on any atom is -0.489 e. The largest absolute Gasteiger partial charge is 0.489 e. The van der Waals surface area contributed by atoms with Gasteiger partial charge in [0.25, 0.3) is 0 Å². The van der Waals surface area contributed by atoms with Crippen molar-refractivity contribution >= 4 is 17.6 Å². The molecule has 2 rings (SSSR count). The average Bonchev–Trinajstić information content (AvgIpc) is 2.54. The number of benzene rings is 1. The molecule has 116 valence electrons. The summed E-state index contributed by atoms with van der Waals surface area (Å²) in [5.41, 5.74) is 0.996. The number of nitrogens with one attached hydrogen (secondary N) is 2. The van der Waals surface area contributed by atoms with E-state index in [0.717, 1.165) is 11.3 Å². The van der Waals surface area contributed by atoms with E-state index in [2.05, 4.69) is 15.6 Å². The van der Waals surface area contributed by atoms with Crippen LogP contribution in [0.4, 0.5) is 4.79 Å². The molecule has 0 spiro atoms. The number of ether oxygens (including phenoxy) is 1. The van der Waals surface area contributed by atoms with E-state index in [9.17, 15) is 4.79 Å². The molecule has 0 aliphatic rings. The van der Waals surface area contributed by atoms with E-state index < -0.39 is 0 Å². The third-order valence-electron chi connectivity index (χ3n) is 2.90. The summed E-state index contributed by atoms with van der Waals surface area (Å²) in [7, 11) is 0. The Balaban J connectivity index is 1.68. The van der Waals surface area contributed by atoms with Gasteiger partial charge in [0.2, 0.25) is 0 Å². The van der Waals surface area contributed by atoms with Crippen molar-refractivity contribution in [1.29, 1.82) is 0 Å². The monoisotopic (exact) mass is 319 g/mol. The summed E-state index contributed by atoms with van der Waals surface area (Å²) < 4.78 is 5.67. The van der Waals surface area contributed by atoms with Crippen LogP contribution < -0.4 is 15.4 Å². The Morgan fingerprint density at radius 1 is 1.18 bits per heavy atom. The average molecular weight is 320 g/mol. The number of pyridine rings is 1. The quantitative estimate of drug-likeness (QED) is 0.860. The number of hydrogen-bond donors (Lipinski definition) is 2. The topological polar surface area (TPSA) is 63.2 Å². The van der Waals surface area contributed by atoms with Gasteiger partial charge in [-0.15, -0.1) is 0 Å². The normalized spacial score (nSPS) is 11.5. The second-order valence-corrected chi connectivity index (χ2v) is 5.24. The van der Waals surface area contributed by atoms with Gasteiger partial charge in [-0.1, -0.05) is 11.6 Å². The van der Waals surface area contributed by atoms with Gasteiger partial charge < -0.3 is 15.4 Å². The van der Waals surface area contributed by atoms with Crippen molar-refractivity contribution in [2.75, 3.05) is 6.54 Å². The summed E-state index contributed by atoms with van der Waals surface area (Å²) in [6.45, 7) is 2.75. The number of halogens is 1. The van der Waals surface area contributed by atoms with E-state index in [1.165, 1.54) is 0 Å². The Hall–Kier alpha value is -2.27. The molecule has 2 aromatic rings. The number of rotatable bonds is 6. The number of aromatic nitrogens is 1. The van der Waals surface area contributed by atoms with E-state index >= 15 is 0 Å². The Kier molecular flexibility index (Phi) is 6.03. The Morgan fingerprint density at radius 2 is 1.86 bits per heavy atom. The molecule has 22 heavy (non-hydrogen) atoms. The predicted octanol–water partition coefficient (Wildman–Crippen LogP) is 3.00. The predicted molar refractivity (Wildman–Crippen MR) is 86.0 cm³/mol. The molecule has 0 fully saturated rings. The fraction of sp³-hybridized carbons (Fsp3) is 0.250. The fourth-order valence-corrected chi connectivity index (χ4v) is 1.90. The van der Waals surface area contributed by atoms with Crippen LogP contribution in [0.5, 0.6) is 5.75 Å². The first kappa shape index (κ1) is 16.1. The van der Waals surface area contributed by atoms with Gasteiger partial charge in [0.15, 0.2) is 0 Å². The van der Waals surface area contributed by atoms with Crippen molar-refractivity contribution in [3.63, 3.8) is 0 Å². The van der Waals surface area contributed by atoms with Gasteiger partial charge in [0, 0.05) is 24.0 Å². The van der Waals surface area contributed by atoms with E-state index in [0.29, 0.717) is 18.1 Å². The maximum Gasteiger partial charge on any atom is 0.315 e. The maximum absolute atomic E-state index is 11.7. The van der Waals surface area contributed by atoms with Crippen molar-refractivity contribution in [3.8, 4) is 5.75 Å². The molecule has 0 saturated carbocycles. The summed E-state index contributed by atoms with van der Waals surface area (Å²) in [4.78, 5) is 15.6. The van der Waals surface area contributed by atoms with Gasteiger partial charge in [-0.2, -0.15) is 0 Å². The number of carbonyl (C=O) groups is 1. The van der Waals surface area contributed by atoms with E-state index in [4.69, 9.17) is 16.3 Å². The van der Waals surface area contributed by atoms with E-state index in [-0.39, 0.29) is 12.1 Å². The molecular weight excluding hydrogens is 302 g/mol. The first-order valence-corrected chi connectivity index (χ1v) is 7.34. The lowest BCUT2D eigenvalue weighted by Gasteiger charge is -2.16. The molecule has 2 N–H and O–H groups in total. The number of hydrogen-bond acceptors (Lipinski definition) is 3. The molecule has 6 heteroatoms. The van der Waals surface area contributed by atoms with Crippen molar-refractivity contribution in [2.45, 2.75) is 19.6 Å². The number of amides is 2. The van der Waals surface area contributed by atoms with Gasteiger partial charge in [0.05, 0.1) is 6.54 Å². The molecule has 0 aliphatic carbocycles. The van der Waals surface area contributed by atoms with Gasteiger partial charge >= 0.3 is 6.03 Å². The number of urea groups is 1. The molecule has 0 unspecified atom stereocenters. The molecular formula is C16H18ClN3O2. The van der Waals surface area contributed by atoms with Gasteiger partial charge in [-0.05, 0) is 48.9 Å². The molecule has 0 bridgehead atoms. The zero-order valence-electron chi connectivity index (χ0n) is 12.3. The summed E-state index contributed by atoms with van der Waals surface area (Å²) >= 11 is 5.81. The highest BCUT2D eigenvalue weighted by Gasteiger charge is 2.06. The SMILES string of the molecule is C[C@H](CNC(=O)NCc1ccncc1)Oc1ccc(Cl)cc1. The Bertz CT molecular complexity index is 590. The van der Waals surface area contributed by atoms with Crippen LogP contribution in [0.2, 0.25) is 5.02 Å². The van der Waals surface area contributed by atoms with E-state index in [1.807, 2.05) is 19.1 Å². The van der Waals surface area contributed by atoms with Gasteiger partial charge in [0.1, 0.15) is 11.9 Å². The molecule has 2 amide bonds. The number of carbonyl (C=O) groups excluding carboxylic acids is 1. The zero-order valence-corrected chi connectivity index (χ0v) is 13.0. The molecule has 1 heterocycles. The summed E-state index contributed by atoms with van der Waals surface area (Å²) in [5, 5.41) is 6.20. The van der Waals surface area contributed by atoms with Crippen LogP contribution in [0, 0.1) is 0 Å². The van der Waals surface area contributed by atoms with Crippen molar-refractivity contribution < 1.29 is 9.53 Å². The maximum atomic E-state index is 11.7. The molecule has 0 aliphatic heterocycles.